The topological polar surface area (TPSA) is 80.0 Å². The largest absolute Gasteiger partial charge is 0.342 e. The second kappa shape index (κ2) is 8.92. The van der Waals surface area contributed by atoms with Gasteiger partial charge in [-0.25, -0.2) is 4.39 Å². The first-order valence-corrected chi connectivity index (χ1v) is 8.18. The van der Waals surface area contributed by atoms with Gasteiger partial charge in [0.1, 0.15) is 11.9 Å². The van der Waals surface area contributed by atoms with E-state index in [9.17, 15) is 9.18 Å². The SMILES string of the molecule is Cc1nc(C(NC(=O)CC2CCNCC2)c2ccccc2F)no1.Cl. The van der Waals surface area contributed by atoms with Crippen molar-refractivity contribution in [3.05, 3.63) is 47.4 Å². The Morgan fingerprint density at radius 1 is 1.40 bits per heavy atom. The predicted molar refractivity (Wildman–Crippen MR) is 92.9 cm³/mol. The molecule has 6 nitrogen and oxygen atoms in total. The van der Waals surface area contributed by atoms with Crippen molar-refractivity contribution < 1.29 is 13.7 Å². The molecular formula is C17H22ClFN4O2. The van der Waals surface area contributed by atoms with E-state index < -0.39 is 11.9 Å². The maximum atomic E-state index is 14.2. The van der Waals surface area contributed by atoms with E-state index in [1.807, 2.05) is 0 Å². The highest BCUT2D eigenvalue weighted by Crippen LogP contribution is 2.23. The van der Waals surface area contributed by atoms with E-state index in [0.717, 1.165) is 25.9 Å². The number of carbonyl (C=O) groups is 1. The van der Waals surface area contributed by atoms with Crippen LogP contribution in [0.5, 0.6) is 0 Å². The van der Waals surface area contributed by atoms with Gasteiger partial charge in [-0.1, -0.05) is 23.4 Å². The monoisotopic (exact) mass is 368 g/mol. The normalized spacial score (nSPS) is 16.1. The van der Waals surface area contributed by atoms with Gasteiger partial charge >= 0.3 is 0 Å². The smallest absolute Gasteiger partial charge is 0.223 e. The van der Waals surface area contributed by atoms with Crippen LogP contribution in [0.1, 0.15) is 42.6 Å². The summed E-state index contributed by atoms with van der Waals surface area (Å²) in [6, 6.07) is 5.55. The fourth-order valence-electron chi connectivity index (χ4n) is 2.99. The van der Waals surface area contributed by atoms with E-state index >= 15 is 0 Å². The number of halogens is 2. The summed E-state index contributed by atoms with van der Waals surface area (Å²) < 4.78 is 19.2. The molecule has 1 saturated heterocycles. The van der Waals surface area contributed by atoms with Crippen molar-refractivity contribution in [2.24, 2.45) is 5.92 Å². The van der Waals surface area contributed by atoms with E-state index in [1.54, 1.807) is 25.1 Å². The minimum Gasteiger partial charge on any atom is -0.342 e. The van der Waals surface area contributed by atoms with Crippen molar-refractivity contribution in [2.45, 2.75) is 32.2 Å². The van der Waals surface area contributed by atoms with E-state index in [-0.39, 0.29) is 24.1 Å². The maximum absolute atomic E-state index is 14.2. The van der Waals surface area contributed by atoms with Gasteiger partial charge in [0, 0.05) is 18.9 Å². The molecule has 2 heterocycles. The molecule has 2 N–H and O–H groups in total. The maximum Gasteiger partial charge on any atom is 0.223 e. The Morgan fingerprint density at radius 2 is 2.12 bits per heavy atom. The highest BCUT2D eigenvalue weighted by molar-refractivity contribution is 5.85. The lowest BCUT2D eigenvalue weighted by Gasteiger charge is -2.23. The molecule has 0 aliphatic carbocycles. The third kappa shape index (κ3) is 4.99. The molecule has 136 valence electrons. The van der Waals surface area contributed by atoms with Crippen molar-refractivity contribution in [3.63, 3.8) is 0 Å². The standard InChI is InChI=1S/C17H21FN4O2.ClH/c1-11-20-17(22-24-11)16(13-4-2-3-5-14(13)18)21-15(23)10-12-6-8-19-9-7-12;/h2-5,12,16,19H,6-10H2,1H3,(H,21,23);1H. The van der Waals surface area contributed by atoms with E-state index in [2.05, 4.69) is 20.8 Å². The molecule has 1 aromatic carbocycles. The van der Waals surface area contributed by atoms with Crippen molar-refractivity contribution in [2.75, 3.05) is 13.1 Å². The second-order valence-corrected chi connectivity index (χ2v) is 6.09. The molecule has 1 amide bonds. The number of nitrogens with one attached hydrogen (secondary N) is 2. The molecule has 1 aliphatic rings. The van der Waals surface area contributed by atoms with Crippen LogP contribution < -0.4 is 10.6 Å². The van der Waals surface area contributed by atoms with Gasteiger partial charge in [-0.3, -0.25) is 4.79 Å². The summed E-state index contributed by atoms with van der Waals surface area (Å²) >= 11 is 0. The number of hydrogen-bond donors (Lipinski definition) is 2. The number of carbonyl (C=O) groups excluding carboxylic acids is 1. The van der Waals surface area contributed by atoms with Gasteiger partial charge in [0.2, 0.25) is 11.8 Å². The average Bonchev–Trinajstić information content (AvgIpc) is 3.01. The van der Waals surface area contributed by atoms with Crippen LogP contribution in [-0.2, 0) is 4.79 Å². The van der Waals surface area contributed by atoms with Gasteiger partial charge in [0.25, 0.3) is 0 Å². The number of benzene rings is 1. The minimum atomic E-state index is -0.752. The van der Waals surface area contributed by atoms with Crippen LogP contribution in [0.2, 0.25) is 0 Å². The molecule has 25 heavy (non-hydrogen) atoms. The lowest BCUT2D eigenvalue weighted by molar-refractivity contribution is -0.122. The second-order valence-electron chi connectivity index (χ2n) is 6.09. The molecule has 1 aromatic heterocycles. The summed E-state index contributed by atoms with van der Waals surface area (Å²) in [6.07, 6.45) is 2.36. The zero-order valence-corrected chi connectivity index (χ0v) is 14.8. The summed E-state index contributed by atoms with van der Waals surface area (Å²) in [7, 11) is 0. The third-order valence-corrected chi connectivity index (χ3v) is 4.26. The number of amides is 1. The first-order chi connectivity index (χ1) is 11.6. The van der Waals surface area contributed by atoms with Crippen LogP contribution in [0.25, 0.3) is 0 Å². The zero-order valence-electron chi connectivity index (χ0n) is 14.0. The molecule has 2 aromatic rings. The molecule has 0 saturated carbocycles. The molecule has 1 atom stereocenters. The Kier molecular flexibility index (Phi) is 6.90. The molecule has 3 rings (SSSR count). The van der Waals surface area contributed by atoms with Crippen LogP contribution in [0.4, 0.5) is 4.39 Å². The Balaban J connectivity index is 0.00000225. The van der Waals surface area contributed by atoms with Gasteiger partial charge in [0.05, 0.1) is 0 Å². The summed E-state index contributed by atoms with van der Waals surface area (Å²) in [4.78, 5) is 16.6. The number of rotatable bonds is 5. The number of aryl methyl sites for hydroxylation is 1. The van der Waals surface area contributed by atoms with Crippen molar-refractivity contribution in [1.29, 1.82) is 0 Å². The van der Waals surface area contributed by atoms with Crippen molar-refractivity contribution >= 4 is 18.3 Å². The fraction of sp³-hybridized carbons (Fsp3) is 0.471. The number of nitrogens with zero attached hydrogens (tertiary/aromatic N) is 2. The molecule has 1 fully saturated rings. The third-order valence-electron chi connectivity index (χ3n) is 4.26. The Hall–Kier alpha value is -1.99. The molecule has 1 aliphatic heterocycles. The lowest BCUT2D eigenvalue weighted by Crippen LogP contribution is -2.35. The van der Waals surface area contributed by atoms with Gasteiger partial charge < -0.3 is 15.2 Å². The molecule has 0 radical (unpaired) electrons. The minimum absolute atomic E-state index is 0. The van der Waals surface area contributed by atoms with Gasteiger partial charge in [-0.05, 0) is 37.9 Å². The highest BCUT2D eigenvalue weighted by Gasteiger charge is 2.26. The number of aromatic nitrogens is 2. The summed E-state index contributed by atoms with van der Waals surface area (Å²) in [5.74, 6) is 0.444. The average molecular weight is 369 g/mol. The molecule has 1 unspecified atom stereocenters. The highest BCUT2D eigenvalue weighted by atomic mass is 35.5. The first kappa shape index (κ1) is 19.3. The van der Waals surface area contributed by atoms with Crippen LogP contribution in [0.3, 0.4) is 0 Å². The number of hydrogen-bond acceptors (Lipinski definition) is 5. The van der Waals surface area contributed by atoms with Crippen LogP contribution in [0.15, 0.2) is 28.8 Å². The Morgan fingerprint density at radius 3 is 2.76 bits per heavy atom. The molecule has 0 spiro atoms. The molecule has 0 bridgehead atoms. The zero-order chi connectivity index (χ0) is 16.9. The van der Waals surface area contributed by atoms with Gasteiger partial charge in [-0.2, -0.15) is 4.98 Å². The summed E-state index contributed by atoms with van der Waals surface area (Å²) in [5.41, 5.74) is 0.331. The van der Waals surface area contributed by atoms with Crippen molar-refractivity contribution in [1.82, 2.24) is 20.8 Å². The molecule has 8 heteroatoms. The van der Waals surface area contributed by atoms with Gasteiger partial charge in [-0.15, -0.1) is 12.4 Å². The van der Waals surface area contributed by atoms with E-state index in [0.29, 0.717) is 23.8 Å². The Bertz CT molecular complexity index is 703. The Labute approximate surface area is 152 Å². The quantitative estimate of drug-likeness (QED) is 0.847. The first-order valence-electron chi connectivity index (χ1n) is 8.18. The van der Waals surface area contributed by atoms with Crippen LogP contribution in [0, 0.1) is 18.7 Å². The summed E-state index contributed by atoms with van der Waals surface area (Å²) in [5, 5.41) is 10.00. The van der Waals surface area contributed by atoms with Gasteiger partial charge in [0.15, 0.2) is 5.82 Å². The van der Waals surface area contributed by atoms with Crippen LogP contribution >= 0.6 is 12.4 Å². The van der Waals surface area contributed by atoms with E-state index in [4.69, 9.17) is 4.52 Å². The number of piperidine rings is 1. The lowest BCUT2D eigenvalue weighted by atomic mass is 9.94. The summed E-state index contributed by atoms with van der Waals surface area (Å²) in [6.45, 7) is 3.52. The van der Waals surface area contributed by atoms with Crippen molar-refractivity contribution in [3.8, 4) is 0 Å². The van der Waals surface area contributed by atoms with E-state index in [1.165, 1.54) is 6.07 Å². The fourth-order valence-corrected chi connectivity index (χ4v) is 2.99. The molecular weight excluding hydrogens is 347 g/mol. The van der Waals surface area contributed by atoms with Crippen LogP contribution in [-0.4, -0.2) is 29.1 Å². The predicted octanol–water partition coefficient (Wildman–Crippen LogP) is 2.53.